The van der Waals surface area contributed by atoms with Crippen LogP contribution in [0.5, 0.6) is 5.75 Å². The van der Waals surface area contributed by atoms with Gasteiger partial charge < -0.3 is 14.5 Å². The summed E-state index contributed by atoms with van der Waals surface area (Å²) in [5.41, 5.74) is 0.966. The summed E-state index contributed by atoms with van der Waals surface area (Å²) in [4.78, 5) is 17.8. The molecule has 0 bridgehead atoms. The van der Waals surface area contributed by atoms with Crippen LogP contribution >= 0.6 is 0 Å². The average molecular weight is 427 g/mol. The number of hydrogen-bond acceptors (Lipinski definition) is 4. The summed E-state index contributed by atoms with van der Waals surface area (Å²) in [6.45, 7) is 2.18. The largest absolute Gasteiger partial charge is 0.490 e. The Labute approximate surface area is 186 Å². The minimum absolute atomic E-state index is 0.0638. The van der Waals surface area contributed by atoms with E-state index in [1.165, 1.54) is 12.8 Å². The van der Waals surface area contributed by atoms with Gasteiger partial charge in [-0.25, -0.2) is 4.79 Å². The first-order chi connectivity index (χ1) is 15.0. The van der Waals surface area contributed by atoms with Crippen molar-refractivity contribution in [1.82, 2.24) is 18.9 Å². The number of rotatable bonds is 8. The van der Waals surface area contributed by atoms with E-state index < -0.39 is 0 Å². The summed E-state index contributed by atoms with van der Waals surface area (Å²) in [5, 5.41) is 0. The Hall–Kier alpha value is -2.05. The zero-order valence-electron chi connectivity index (χ0n) is 19.4. The minimum Gasteiger partial charge on any atom is -0.490 e. The predicted molar refractivity (Wildman–Crippen MR) is 125 cm³/mol. The van der Waals surface area contributed by atoms with Gasteiger partial charge in [0.05, 0.1) is 11.8 Å². The second-order valence-electron chi connectivity index (χ2n) is 9.62. The molecule has 1 aromatic heterocycles. The SMILES string of the molecule is CN(C)CCN(C)C1CCC(n2ccn(-c3ccc(OC4CCCC4)cc3)c2=O)CC1. The highest BCUT2D eigenvalue weighted by molar-refractivity contribution is 5.37. The van der Waals surface area contributed by atoms with Crippen LogP contribution < -0.4 is 10.4 Å². The Balaban J connectivity index is 1.36. The number of benzene rings is 1. The predicted octanol–water partition coefficient (Wildman–Crippen LogP) is 3.94. The lowest BCUT2D eigenvalue weighted by Crippen LogP contribution is -2.40. The van der Waals surface area contributed by atoms with Crippen LogP contribution in [0.2, 0.25) is 0 Å². The normalized spacial score (nSPS) is 22.5. The van der Waals surface area contributed by atoms with Crippen LogP contribution in [0.3, 0.4) is 0 Å². The molecule has 0 amide bonds. The molecule has 2 fully saturated rings. The van der Waals surface area contributed by atoms with Gasteiger partial charge in [0.1, 0.15) is 5.75 Å². The average Bonchev–Trinajstić information content (AvgIpc) is 3.42. The standard InChI is InChI=1S/C25H38N4O2/c1-26(2)16-17-27(3)20-8-10-21(11-9-20)28-18-19-29(25(28)30)22-12-14-24(15-13-22)31-23-6-4-5-7-23/h12-15,18-21,23H,4-11,16-17H2,1-3H3. The summed E-state index contributed by atoms with van der Waals surface area (Å²) < 4.78 is 9.76. The maximum atomic E-state index is 13.1. The molecular weight excluding hydrogens is 388 g/mol. The van der Waals surface area contributed by atoms with Gasteiger partial charge in [-0.05, 0) is 96.8 Å². The van der Waals surface area contributed by atoms with Gasteiger partial charge in [-0.1, -0.05) is 0 Å². The lowest BCUT2D eigenvalue weighted by molar-refractivity contribution is 0.155. The summed E-state index contributed by atoms with van der Waals surface area (Å²) in [6, 6.07) is 8.90. The van der Waals surface area contributed by atoms with E-state index in [0.29, 0.717) is 18.2 Å². The van der Waals surface area contributed by atoms with Crippen molar-refractivity contribution in [3.63, 3.8) is 0 Å². The highest BCUT2D eigenvalue weighted by atomic mass is 16.5. The first-order valence-corrected chi connectivity index (χ1v) is 11.9. The molecule has 0 aliphatic heterocycles. The second-order valence-corrected chi connectivity index (χ2v) is 9.62. The van der Waals surface area contributed by atoms with E-state index >= 15 is 0 Å². The molecule has 31 heavy (non-hydrogen) atoms. The van der Waals surface area contributed by atoms with Crippen molar-refractivity contribution >= 4 is 0 Å². The molecule has 0 radical (unpaired) electrons. The van der Waals surface area contributed by atoms with Gasteiger partial charge in [0, 0.05) is 37.6 Å². The molecule has 2 saturated carbocycles. The van der Waals surface area contributed by atoms with Crippen molar-refractivity contribution in [3.05, 3.63) is 47.1 Å². The van der Waals surface area contributed by atoms with Crippen LogP contribution in [0.4, 0.5) is 0 Å². The summed E-state index contributed by atoms with van der Waals surface area (Å²) in [7, 11) is 6.48. The molecule has 2 aliphatic rings. The van der Waals surface area contributed by atoms with Gasteiger partial charge >= 0.3 is 5.69 Å². The number of nitrogens with zero attached hydrogens (tertiary/aromatic N) is 4. The van der Waals surface area contributed by atoms with Crippen LogP contribution in [0, 0.1) is 0 Å². The number of hydrogen-bond donors (Lipinski definition) is 0. The third-order valence-electron chi connectivity index (χ3n) is 7.11. The summed E-state index contributed by atoms with van der Waals surface area (Å²) in [5.74, 6) is 0.903. The summed E-state index contributed by atoms with van der Waals surface area (Å²) >= 11 is 0. The van der Waals surface area contributed by atoms with Crippen molar-refractivity contribution < 1.29 is 4.74 Å². The Morgan fingerprint density at radius 2 is 1.58 bits per heavy atom. The lowest BCUT2D eigenvalue weighted by atomic mass is 9.90. The fourth-order valence-corrected chi connectivity index (χ4v) is 5.07. The molecule has 2 aromatic rings. The lowest BCUT2D eigenvalue weighted by Gasteiger charge is -2.35. The van der Waals surface area contributed by atoms with Crippen molar-refractivity contribution in [2.75, 3.05) is 34.2 Å². The summed E-state index contributed by atoms with van der Waals surface area (Å²) in [6.07, 6.45) is 13.5. The zero-order chi connectivity index (χ0) is 21.8. The zero-order valence-corrected chi connectivity index (χ0v) is 19.4. The van der Waals surface area contributed by atoms with Gasteiger partial charge in [-0.2, -0.15) is 0 Å². The van der Waals surface area contributed by atoms with Crippen molar-refractivity contribution in [2.24, 2.45) is 0 Å². The third-order valence-corrected chi connectivity index (χ3v) is 7.11. The van der Waals surface area contributed by atoms with Crippen molar-refractivity contribution in [1.29, 1.82) is 0 Å². The Morgan fingerprint density at radius 3 is 2.23 bits per heavy atom. The van der Waals surface area contributed by atoms with E-state index in [1.807, 2.05) is 41.2 Å². The van der Waals surface area contributed by atoms with Crippen molar-refractivity contribution in [3.8, 4) is 11.4 Å². The molecule has 2 aliphatic carbocycles. The quantitative estimate of drug-likeness (QED) is 0.641. The van der Waals surface area contributed by atoms with Crippen LogP contribution in [0.1, 0.15) is 57.4 Å². The fourth-order valence-electron chi connectivity index (χ4n) is 5.07. The van der Waals surface area contributed by atoms with Gasteiger partial charge in [0.25, 0.3) is 0 Å². The molecule has 0 N–H and O–H groups in total. The Morgan fingerprint density at radius 1 is 0.903 bits per heavy atom. The molecule has 0 atom stereocenters. The third kappa shape index (κ3) is 5.42. The maximum Gasteiger partial charge on any atom is 0.332 e. The van der Waals surface area contributed by atoms with E-state index in [-0.39, 0.29) is 5.69 Å². The van der Waals surface area contributed by atoms with Gasteiger partial charge in [0.15, 0.2) is 0 Å². The number of ether oxygens (including phenoxy) is 1. The molecule has 4 rings (SSSR count). The van der Waals surface area contributed by atoms with E-state index in [4.69, 9.17) is 4.74 Å². The molecule has 0 spiro atoms. The number of imidazole rings is 1. The fraction of sp³-hybridized carbons (Fsp3) is 0.640. The van der Waals surface area contributed by atoms with Crippen LogP contribution in [0.15, 0.2) is 41.5 Å². The van der Waals surface area contributed by atoms with Crippen LogP contribution in [0.25, 0.3) is 5.69 Å². The van der Waals surface area contributed by atoms with Gasteiger partial charge in [0.2, 0.25) is 0 Å². The maximum absolute atomic E-state index is 13.1. The first kappa shape index (κ1) is 22.2. The van der Waals surface area contributed by atoms with E-state index in [2.05, 4.69) is 30.9 Å². The number of likely N-dealkylation sites (N-methyl/N-ethyl adjacent to an activating group) is 2. The molecule has 6 heteroatoms. The molecule has 6 nitrogen and oxygen atoms in total. The Bertz CT molecular complexity index is 872. The smallest absolute Gasteiger partial charge is 0.332 e. The van der Waals surface area contributed by atoms with Crippen molar-refractivity contribution in [2.45, 2.75) is 69.6 Å². The molecule has 170 valence electrons. The van der Waals surface area contributed by atoms with Crippen LogP contribution in [-0.4, -0.2) is 65.3 Å². The number of aromatic nitrogens is 2. The molecule has 1 heterocycles. The van der Waals surface area contributed by atoms with E-state index in [0.717, 1.165) is 63.1 Å². The van der Waals surface area contributed by atoms with E-state index in [1.54, 1.807) is 4.57 Å². The molecular formula is C25H38N4O2. The highest BCUT2D eigenvalue weighted by Gasteiger charge is 2.26. The Kier molecular flexibility index (Phi) is 7.18. The molecule has 0 saturated heterocycles. The van der Waals surface area contributed by atoms with E-state index in [9.17, 15) is 4.79 Å². The van der Waals surface area contributed by atoms with Gasteiger partial charge in [-0.15, -0.1) is 0 Å². The topological polar surface area (TPSA) is 42.6 Å². The monoisotopic (exact) mass is 426 g/mol. The first-order valence-electron chi connectivity index (χ1n) is 11.9. The van der Waals surface area contributed by atoms with Crippen LogP contribution in [-0.2, 0) is 0 Å². The molecule has 0 unspecified atom stereocenters. The second kappa shape index (κ2) is 10.0. The minimum atomic E-state index is 0.0638. The molecule has 1 aromatic carbocycles. The van der Waals surface area contributed by atoms with Gasteiger partial charge in [-0.3, -0.25) is 9.13 Å². The highest BCUT2D eigenvalue weighted by Crippen LogP contribution is 2.30.